The second-order valence-corrected chi connectivity index (χ2v) is 4.56. The lowest BCUT2D eigenvalue weighted by molar-refractivity contribution is 0.0368. The molecule has 0 heterocycles. The lowest BCUT2D eigenvalue weighted by Crippen LogP contribution is -2.40. The molecule has 1 unspecified atom stereocenters. The summed E-state index contributed by atoms with van der Waals surface area (Å²) in [5.41, 5.74) is 4.85. The van der Waals surface area contributed by atoms with Crippen molar-refractivity contribution in [2.75, 3.05) is 0 Å². The normalized spacial score (nSPS) is 37.4. The summed E-state index contributed by atoms with van der Waals surface area (Å²) in [4.78, 5) is 0. The molecular formula is C11H22FN. The highest BCUT2D eigenvalue weighted by Gasteiger charge is 2.38. The first-order valence-corrected chi connectivity index (χ1v) is 5.53. The first kappa shape index (κ1) is 11.0. The molecule has 2 N–H and O–H groups in total. The van der Waals surface area contributed by atoms with E-state index in [2.05, 4.69) is 6.92 Å². The van der Waals surface area contributed by atoms with Crippen molar-refractivity contribution in [2.45, 2.75) is 64.1 Å². The van der Waals surface area contributed by atoms with Gasteiger partial charge < -0.3 is 5.73 Å². The molecule has 0 bridgehead atoms. The van der Waals surface area contributed by atoms with E-state index in [-0.39, 0.29) is 12.0 Å². The largest absolute Gasteiger partial charge is 0.328 e. The van der Waals surface area contributed by atoms with Crippen molar-refractivity contribution >= 4 is 0 Å². The van der Waals surface area contributed by atoms with Gasteiger partial charge in [0.15, 0.2) is 0 Å². The van der Waals surface area contributed by atoms with E-state index in [0.717, 1.165) is 25.7 Å². The van der Waals surface area contributed by atoms with Crippen LogP contribution in [-0.2, 0) is 0 Å². The molecule has 13 heavy (non-hydrogen) atoms. The first-order valence-electron chi connectivity index (χ1n) is 5.53. The van der Waals surface area contributed by atoms with Crippen LogP contribution in [0.4, 0.5) is 4.39 Å². The molecule has 1 aliphatic rings. The Hall–Kier alpha value is -0.110. The fraction of sp³-hybridized carbons (Fsp3) is 1.00. The van der Waals surface area contributed by atoms with Gasteiger partial charge in [0.2, 0.25) is 0 Å². The van der Waals surface area contributed by atoms with Crippen LogP contribution in [0.3, 0.4) is 0 Å². The fourth-order valence-corrected chi connectivity index (χ4v) is 2.30. The third kappa shape index (κ3) is 2.67. The standard InChI is InChI=1S/C11H22FN/c1-3-4-9(2)11(12)7-5-10(13)6-8-11/h9-10H,3-8,13H2,1-2H3. The molecule has 0 spiro atoms. The van der Waals surface area contributed by atoms with E-state index < -0.39 is 5.67 Å². The van der Waals surface area contributed by atoms with Crippen LogP contribution in [0.1, 0.15) is 52.4 Å². The Balaban J connectivity index is 2.46. The van der Waals surface area contributed by atoms with Gasteiger partial charge in [0, 0.05) is 6.04 Å². The van der Waals surface area contributed by atoms with E-state index in [1.165, 1.54) is 0 Å². The maximum atomic E-state index is 14.3. The van der Waals surface area contributed by atoms with Gasteiger partial charge in [-0.2, -0.15) is 0 Å². The number of halogens is 1. The molecular weight excluding hydrogens is 165 g/mol. The molecule has 0 aromatic carbocycles. The van der Waals surface area contributed by atoms with Crippen LogP contribution in [0.5, 0.6) is 0 Å². The van der Waals surface area contributed by atoms with E-state index in [0.29, 0.717) is 12.8 Å². The van der Waals surface area contributed by atoms with Gasteiger partial charge in [-0.3, -0.25) is 0 Å². The Morgan fingerprint density at radius 1 is 1.46 bits per heavy atom. The molecule has 0 aromatic heterocycles. The number of hydrogen-bond acceptors (Lipinski definition) is 1. The smallest absolute Gasteiger partial charge is 0.113 e. The highest BCUT2D eigenvalue weighted by atomic mass is 19.1. The zero-order valence-electron chi connectivity index (χ0n) is 8.85. The van der Waals surface area contributed by atoms with Crippen molar-refractivity contribution in [3.05, 3.63) is 0 Å². The van der Waals surface area contributed by atoms with Crippen molar-refractivity contribution in [3.8, 4) is 0 Å². The van der Waals surface area contributed by atoms with Crippen molar-refractivity contribution in [1.29, 1.82) is 0 Å². The third-order valence-electron chi connectivity index (χ3n) is 3.47. The summed E-state index contributed by atoms with van der Waals surface area (Å²) in [6.45, 7) is 4.16. The van der Waals surface area contributed by atoms with Crippen LogP contribution in [0, 0.1) is 5.92 Å². The van der Waals surface area contributed by atoms with E-state index in [4.69, 9.17) is 5.73 Å². The molecule has 0 saturated heterocycles. The van der Waals surface area contributed by atoms with Crippen LogP contribution in [0.25, 0.3) is 0 Å². The Morgan fingerprint density at radius 2 is 2.00 bits per heavy atom. The predicted octanol–water partition coefficient (Wildman–Crippen LogP) is 3.03. The lowest BCUT2D eigenvalue weighted by Gasteiger charge is -2.37. The van der Waals surface area contributed by atoms with Crippen LogP contribution < -0.4 is 5.73 Å². The van der Waals surface area contributed by atoms with Crippen molar-refractivity contribution in [2.24, 2.45) is 11.7 Å². The lowest BCUT2D eigenvalue weighted by atomic mass is 9.75. The number of rotatable bonds is 3. The fourth-order valence-electron chi connectivity index (χ4n) is 2.30. The summed E-state index contributed by atoms with van der Waals surface area (Å²) in [5.74, 6) is 0.213. The van der Waals surface area contributed by atoms with E-state index >= 15 is 0 Å². The molecule has 0 aliphatic heterocycles. The molecule has 0 amide bonds. The average molecular weight is 187 g/mol. The van der Waals surface area contributed by atoms with Gasteiger partial charge in [0.25, 0.3) is 0 Å². The van der Waals surface area contributed by atoms with E-state index in [1.807, 2.05) is 6.92 Å². The Bertz CT molecular complexity index is 150. The maximum Gasteiger partial charge on any atom is 0.113 e. The molecule has 78 valence electrons. The summed E-state index contributed by atoms with van der Waals surface area (Å²) in [6, 6.07) is 0.248. The zero-order chi connectivity index (χ0) is 9.90. The van der Waals surface area contributed by atoms with Gasteiger partial charge in [0.05, 0.1) is 0 Å². The number of nitrogens with two attached hydrogens (primary N) is 1. The van der Waals surface area contributed by atoms with Crippen molar-refractivity contribution in [1.82, 2.24) is 0 Å². The minimum Gasteiger partial charge on any atom is -0.328 e. The summed E-state index contributed by atoms with van der Waals surface area (Å²) < 4.78 is 14.3. The SMILES string of the molecule is CCCC(C)C1(F)CCC(N)CC1. The molecule has 0 aromatic rings. The van der Waals surface area contributed by atoms with Gasteiger partial charge in [-0.15, -0.1) is 0 Å². The van der Waals surface area contributed by atoms with Crippen LogP contribution in [-0.4, -0.2) is 11.7 Å². The second-order valence-electron chi connectivity index (χ2n) is 4.56. The van der Waals surface area contributed by atoms with Crippen LogP contribution >= 0.6 is 0 Å². The quantitative estimate of drug-likeness (QED) is 0.722. The van der Waals surface area contributed by atoms with Gasteiger partial charge >= 0.3 is 0 Å². The Kier molecular flexibility index (Phi) is 3.72. The summed E-state index contributed by atoms with van der Waals surface area (Å²) >= 11 is 0. The predicted molar refractivity (Wildman–Crippen MR) is 54.4 cm³/mol. The van der Waals surface area contributed by atoms with E-state index in [9.17, 15) is 4.39 Å². The Morgan fingerprint density at radius 3 is 2.46 bits per heavy atom. The highest BCUT2D eigenvalue weighted by Crippen LogP contribution is 2.39. The van der Waals surface area contributed by atoms with Crippen LogP contribution in [0.2, 0.25) is 0 Å². The molecule has 1 fully saturated rings. The van der Waals surface area contributed by atoms with E-state index in [1.54, 1.807) is 0 Å². The summed E-state index contributed by atoms with van der Waals surface area (Å²) in [5, 5.41) is 0. The van der Waals surface area contributed by atoms with Gasteiger partial charge in [-0.1, -0.05) is 20.3 Å². The third-order valence-corrected chi connectivity index (χ3v) is 3.47. The molecule has 1 nitrogen and oxygen atoms in total. The monoisotopic (exact) mass is 187 g/mol. The molecule has 1 saturated carbocycles. The highest BCUT2D eigenvalue weighted by molar-refractivity contribution is 4.90. The number of alkyl halides is 1. The molecule has 0 radical (unpaired) electrons. The van der Waals surface area contributed by atoms with Crippen molar-refractivity contribution in [3.63, 3.8) is 0 Å². The topological polar surface area (TPSA) is 26.0 Å². The molecule has 1 atom stereocenters. The maximum absolute atomic E-state index is 14.3. The Labute approximate surface area is 80.9 Å². The van der Waals surface area contributed by atoms with Crippen LogP contribution in [0.15, 0.2) is 0 Å². The van der Waals surface area contributed by atoms with Crippen molar-refractivity contribution < 1.29 is 4.39 Å². The second kappa shape index (κ2) is 4.41. The van der Waals surface area contributed by atoms with Gasteiger partial charge in [-0.25, -0.2) is 4.39 Å². The zero-order valence-corrected chi connectivity index (χ0v) is 8.85. The summed E-state index contributed by atoms with van der Waals surface area (Å²) in [7, 11) is 0. The first-order chi connectivity index (χ1) is 6.08. The average Bonchev–Trinajstić information content (AvgIpc) is 2.11. The minimum absolute atomic E-state index is 0.213. The number of hydrogen-bond donors (Lipinski definition) is 1. The molecule has 2 heteroatoms. The molecule has 1 aliphatic carbocycles. The summed E-state index contributed by atoms with van der Waals surface area (Å²) in [6.07, 6.45) is 5.17. The minimum atomic E-state index is -0.911. The van der Waals surface area contributed by atoms with Gasteiger partial charge in [-0.05, 0) is 38.0 Å². The molecule has 1 rings (SSSR count). The van der Waals surface area contributed by atoms with Gasteiger partial charge in [0.1, 0.15) is 5.67 Å².